The van der Waals surface area contributed by atoms with Crippen LogP contribution in [-0.4, -0.2) is 4.08 Å². The van der Waals surface area contributed by atoms with Crippen molar-refractivity contribution >= 4 is 25.3 Å². The first-order valence-electron chi connectivity index (χ1n) is 4.07. The summed E-state index contributed by atoms with van der Waals surface area (Å²) in [6.45, 7) is 4.34. The van der Waals surface area contributed by atoms with Crippen molar-refractivity contribution in [2.75, 3.05) is 0 Å². The summed E-state index contributed by atoms with van der Waals surface area (Å²) < 4.78 is -0.0187. The molecule has 0 aromatic carbocycles. The molecule has 0 rings (SSSR count). The standard InChI is InChI=1S/C8H18S2/c1-3-5-6-7-8(9,10)4-2/h9-10H,3-7H2,1-2H3. The van der Waals surface area contributed by atoms with Gasteiger partial charge in [-0.05, 0) is 12.8 Å². The lowest BCUT2D eigenvalue weighted by Gasteiger charge is -2.19. The van der Waals surface area contributed by atoms with E-state index in [9.17, 15) is 0 Å². The Bertz CT molecular complexity index is 79.3. The second kappa shape index (κ2) is 5.36. The molecule has 0 amide bonds. The second-order valence-electron chi connectivity index (χ2n) is 2.79. The van der Waals surface area contributed by atoms with E-state index in [1.54, 1.807) is 0 Å². The van der Waals surface area contributed by atoms with Gasteiger partial charge in [-0.15, -0.1) is 0 Å². The lowest BCUT2D eigenvalue weighted by Crippen LogP contribution is -2.10. The molecule has 0 unspecified atom stereocenters. The molecule has 0 aliphatic rings. The van der Waals surface area contributed by atoms with E-state index in [1.165, 1.54) is 19.3 Å². The number of hydrogen-bond acceptors (Lipinski definition) is 2. The molecule has 0 aromatic heterocycles. The van der Waals surface area contributed by atoms with Crippen LogP contribution in [0.15, 0.2) is 0 Å². The van der Waals surface area contributed by atoms with Gasteiger partial charge in [0.1, 0.15) is 0 Å². The highest BCUT2D eigenvalue weighted by Gasteiger charge is 2.15. The monoisotopic (exact) mass is 178 g/mol. The Kier molecular flexibility index (Phi) is 5.74. The molecule has 0 aliphatic carbocycles. The first kappa shape index (κ1) is 10.7. The smallest absolute Gasteiger partial charge is 0.0549 e. The van der Waals surface area contributed by atoms with E-state index in [0.29, 0.717) is 0 Å². The zero-order valence-electron chi connectivity index (χ0n) is 6.93. The van der Waals surface area contributed by atoms with Crippen molar-refractivity contribution in [2.45, 2.75) is 50.0 Å². The van der Waals surface area contributed by atoms with Gasteiger partial charge in [-0.3, -0.25) is 0 Å². The third kappa shape index (κ3) is 5.48. The topological polar surface area (TPSA) is 0 Å². The molecule has 2 heteroatoms. The molecule has 0 bridgehead atoms. The average Bonchev–Trinajstić information content (AvgIpc) is 1.89. The maximum atomic E-state index is 4.42. The van der Waals surface area contributed by atoms with Gasteiger partial charge < -0.3 is 0 Å². The number of thiol groups is 2. The van der Waals surface area contributed by atoms with Gasteiger partial charge in [-0.25, -0.2) is 0 Å². The van der Waals surface area contributed by atoms with Gasteiger partial charge in [0, 0.05) is 0 Å². The molecule has 0 heterocycles. The molecule has 0 saturated heterocycles. The fourth-order valence-corrected chi connectivity index (χ4v) is 1.15. The average molecular weight is 178 g/mol. The largest absolute Gasteiger partial charge is 0.162 e. The van der Waals surface area contributed by atoms with E-state index in [1.807, 2.05) is 0 Å². The van der Waals surface area contributed by atoms with Crippen LogP contribution in [0.4, 0.5) is 0 Å². The number of hydrogen-bond donors (Lipinski definition) is 2. The molecule has 0 spiro atoms. The maximum absolute atomic E-state index is 4.42. The molecule has 0 saturated carbocycles. The Morgan fingerprint density at radius 1 is 1.10 bits per heavy atom. The zero-order chi connectivity index (χ0) is 8.04. The fourth-order valence-electron chi connectivity index (χ4n) is 0.835. The molecule has 62 valence electrons. The molecular formula is C8H18S2. The third-order valence-corrected chi connectivity index (χ3v) is 2.83. The lowest BCUT2D eigenvalue weighted by molar-refractivity contribution is 0.614. The SMILES string of the molecule is CCCCCC(S)(S)CC. The minimum absolute atomic E-state index is 0.0187. The van der Waals surface area contributed by atoms with Gasteiger partial charge in [-0.1, -0.05) is 33.1 Å². The summed E-state index contributed by atoms with van der Waals surface area (Å²) in [5.74, 6) is 0. The first-order chi connectivity index (χ1) is 4.62. The number of rotatable bonds is 5. The van der Waals surface area contributed by atoms with Crippen molar-refractivity contribution in [2.24, 2.45) is 0 Å². The normalized spacial score (nSPS) is 12.0. The van der Waals surface area contributed by atoms with E-state index in [-0.39, 0.29) is 4.08 Å². The predicted molar refractivity (Wildman–Crippen MR) is 55.1 cm³/mol. The highest BCUT2D eigenvalue weighted by molar-refractivity contribution is 8.00. The summed E-state index contributed by atoms with van der Waals surface area (Å²) in [4.78, 5) is 0. The van der Waals surface area contributed by atoms with Crippen molar-refractivity contribution in [3.05, 3.63) is 0 Å². The van der Waals surface area contributed by atoms with Gasteiger partial charge >= 0.3 is 0 Å². The Morgan fingerprint density at radius 2 is 1.70 bits per heavy atom. The third-order valence-electron chi connectivity index (χ3n) is 1.75. The van der Waals surface area contributed by atoms with Crippen LogP contribution in [0.25, 0.3) is 0 Å². The van der Waals surface area contributed by atoms with Crippen molar-refractivity contribution in [3.8, 4) is 0 Å². The quantitative estimate of drug-likeness (QED) is 0.359. The Morgan fingerprint density at radius 3 is 2.10 bits per heavy atom. The van der Waals surface area contributed by atoms with Gasteiger partial charge in [0.2, 0.25) is 0 Å². The molecule has 0 aliphatic heterocycles. The van der Waals surface area contributed by atoms with Crippen LogP contribution >= 0.6 is 25.3 Å². The van der Waals surface area contributed by atoms with Crippen LogP contribution in [0.2, 0.25) is 0 Å². The summed E-state index contributed by atoms with van der Waals surface area (Å²) >= 11 is 8.85. The fraction of sp³-hybridized carbons (Fsp3) is 1.00. The molecule has 0 N–H and O–H groups in total. The highest BCUT2D eigenvalue weighted by atomic mass is 32.2. The molecule has 0 radical (unpaired) electrons. The first-order valence-corrected chi connectivity index (χ1v) is 4.96. The van der Waals surface area contributed by atoms with Crippen molar-refractivity contribution in [1.29, 1.82) is 0 Å². The highest BCUT2D eigenvalue weighted by Crippen LogP contribution is 2.29. The zero-order valence-corrected chi connectivity index (χ0v) is 8.72. The van der Waals surface area contributed by atoms with Crippen LogP contribution in [0.1, 0.15) is 46.0 Å². The van der Waals surface area contributed by atoms with Gasteiger partial charge in [0.15, 0.2) is 0 Å². The van der Waals surface area contributed by atoms with Crippen molar-refractivity contribution in [1.82, 2.24) is 0 Å². The van der Waals surface area contributed by atoms with E-state index in [2.05, 4.69) is 39.1 Å². The van der Waals surface area contributed by atoms with E-state index < -0.39 is 0 Å². The van der Waals surface area contributed by atoms with Gasteiger partial charge in [-0.2, -0.15) is 25.3 Å². The van der Waals surface area contributed by atoms with Crippen LogP contribution in [0.5, 0.6) is 0 Å². The molecule has 0 aromatic rings. The second-order valence-corrected chi connectivity index (χ2v) is 4.86. The Labute approximate surface area is 75.6 Å². The predicted octanol–water partition coefficient (Wildman–Crippen LogP) is 3.53. The van der Waals surface area contributed by atoms with Gasteiger partial charge in [0.25, 0.3) is 0 Å². The Hall–Kier alpha value is 0.700. The van der Waals surface area contributed by atoms with Crippen LogP contribution in [0.3, 0.4) is 0 Å². The maximum Gasteiger partial charge on any atom is 0.0549 e. The summed E-state index contributed by atoms with van der Waals surface area (Å²) in [5.41, 5.74) is 0. The molecule has 0 fully saturated rings. The van der Waals surface area contributed by atoms with Crippen LogP contribution in [-0.2, 0) is 0 Å². The molecule has 10 heavy (non-hydrogen) atoms. The van der Waals surface area contributed by atoms with Crippen molar-refractivity contribution < 1.29 is 0 Å². The van der Waals surface area contributed by atoms with Crippen molar-refractivity contribution in [3.63, 3.8) is 0 Å². The summed E-state index contributed by atoms with van der Waals surface area (Å²) in [6, 6.07) is 0. The molecular weight excluding hydrogens is 160 g/mol. The minimum Gasteiger partial charge on any atom is -0.162 e. The summed E-state index contributed by atoms with van der Waals surface area (Å²) in [5, 5.41) is 0. The molecule has 0 atom stereocenters. The molecule has 0 nitrogen and oxygen atoms in total. The van der Waals surface area contributed by atoms with Crippen LogP contribution in [0, 0.1) is 0 Å². The minimum atomic E-state index is -0.0187. The van der Waals surface area contributed by atoms with E-state index in [4.69, 9.17) is 0 Å². The summed E-state index contributed by atoms with van der Waals surface area (Å²) in [7, 11) is 0. The summed E-state index contributed by atoms with van der Waals surface area (Å²) in [6.07, 6.45) is 6.02. The lowest BCUT2D eigenvalue weighted by atomic mass is 10.1. The number of unbranched alkanes of at least 4 members (excludes halogenated alkanes) is 2. The van der Waals surface area contributed by atoms with Crippen LogP contribution < -0.4 is 0 Å². The van der Waals surface area contributed by atoms with E-state index >= 15 is 0 Å². The van der Waals surface area contributed by atoms with Gasteiger partial charge in [0.05, 0.1) is 4.08 Å². The Balaban J connectivity index is 3.28. The van der Waals surface area contributed by atoms with E-state index in [0.717, 1.165) is 12.8 Å².